The number of hydrogen-bond donors (Lipinski definition) is 3. The molecule has 108 valence electrons. The lowest BCUT2D eigenvalue weighted by Crippen LogP contribution is -2.12. The molecule has 1 rings (SSSR count). The van der Waals surface area contributed by atoms with Gasteiger partial charge in [-0.3, -0.25) is 0 Å². The Kier molecular flexibility index (Phi) is 7.59. The van der Waals surface area contributed by atoms with Gasteiger partial charge in [0.2, 0.25) is 0 Å². The largest absolute Gasteiger partial charge is 0.396 e. The van der Waals surface area contributed by atoms with E-state index < -0.39 is 0 Å². The number of thioether (sulfide) groups is 1. The van der Waals surface area contributed by atoms with Gasteiger partial charge in [-0.05, 0) is 18.1 Å². The molecule has 1 heterocycles. The van der Waals surface area contributed by atoms with Crippen molar-refractivity contribution in [2.75, 3.05) is 42.3 Å². The van der Waals surface area contributed by atoms with Crippen molar-refractivity contribution in [3.63, 3.8) is 0 Å². The van der Waals surface area contributed by atoms with E-state index in [-0.39, 0.29) is 6.61 Å². The Morgan fingerprint density at radius 3 is 2.63 bits per heavy atom. The van der Waals surface area contributed by atoms with E-state index in [1.807, 2.05) is 18.8 Å². The predicted molar refractivity (Wildman–Crippen MR) is 83.2 cm³/mol. The fourth-order valence-electron chi connectivity index (χ4n) is 1.79. The summed E-state index contributed by atoms with van der Waals surface area (Å²) in [5, 5.41) is 15.2. The molecule has 5 nitrogen and oxygen atoms in total. The van der Waals surface area contributed by atoms with Gasteiger partial charge in [0.25, 0.3) is 0 Å². The van der Waals surface area contributed by atoms with Gasteiger partial charge in [-0.1, -0.05) is 13.8 Å². The Bertz CT molecular complexity index is 374. The Hall–Kier alpha value is -1.01. The predicted octanol–water partition coefficient (Wildman–Crippen LogP) is 2.17. The number of aliphatic hydroxyl groups excluding tert-OH is 1. The van der Waals surface area contributed by atoms with Crippen molar-refractivity contribution in [2.45, 2.75) is 26.2 Å². The summed E-state index contributed by atoms with van der Waals surface area (Å²) in [5.74, 6) is 4.18. The lowest BCUT2D eigenvalue weighted by Gasteiger charge is -2.16. The molecular weight excluding hydrogens is 260 g/mol. The Morgan fingerprint density at radius 2 is 2.00 bits per heavy atom. The standard InChI is InChI=1S/C13H24N4OS/c1-10(2)11-12(14-3)16-9-17-13(11)15-5-8-19-7-4-6-18/h9-10,18H,4-8H2,1-3H3,(H2,14,15,16,17). The van der Waals surface area contributed by atoms with Crippen molar-refractivity contribution >= 4 is 23.4 Å². The molecule has 0 spiro atoms. The van der Waals surface area contributed by atoms with Crippen LogP contribution in [0.25, 0.3) is 0 Å². The van der Waals surface area contributed by atoms with Crippen LogP contribution >= 0.6 is 11.8 Å². The summed E-state index contributed by atoms with van der Waals surface area (Å²) in [4.78, 5) is 8.58. The molecule has 0 saturated heterocycles. The second-order valence-corrected chi connectivity index (χ2v) is 5.73. The summed E-state index contributed by atoms with van der Waals surface area (Å²) < 4.78 is 0. The summed E-state index contributed by atoms with van der Waals surface area (Å²) in [6.45, 7) is 5.42. The molecule has 0 radical (unpaired) electrons. The molecule has 0 aliphatic heterocycles. The van der Waals surface area contributed by atoms with Crippen molar-refractivity contribution in [1.29, 1.82) is 0 Å². The first-order valence-electron chi connectivity index (χ1n) is 6.65. The Balaban J connectivity index is 2.53. The Morgan fingerprint density at radius 1 is 1.26 bits per heavy atom. The molecule has 0 fully saturated rings. The molecular formula is C13H24N4OS. The van der Waals surface area contributed by atoms with Crippen LogP contribution in [0, 0.1) is 0 Å². The third-order valence-corrected chi connectivity index (χ3v) is 3.75. The smallest absolute Gasteiger partial charge is 0.135 e. The fourth-order valence-corrected chi connectivity index (χ4v) is 2.58. The maximum atomic E-state index is 8.70. The second-order valence-electron chi connectivity index (χ2n) is 4.51. The van der Waals surface area contributed by atoms with E-state index in [4.69, 9.17) is 5.11 Å². The van der Waals surface area contributed by atoms with Crippen molar-refractivity contribution in [3.8, 4) is 0 Å². The van der Waals surface area contributed by atoms with Crippen LogP contribution in [-0.4, -0.2) is 46.8 Å². The topological polar surface area (TPSA) is 70.1 Å². The molecule has 3 N–H and O–H groups in total. The maximum absolute atomic E-state index is 8.70. The molecule has 19 heavy (non-hydrogen) atoms. The molecule has 0 bridgehead atoms. The van der Waals surface area contributed by atoms with E-state index in [2.05, 4.69) is 34.4 Å². The highest BCUT2D eigenvalue weighted by molar-refractivity contribution is 7.99. The number of nitrogens with zero attached hydrogens (tertiary/aromatic N) is 2. The van der Waals surface area contributed by atoms with Gasteiger partial charge in [-0.25, -0.2) is 9.97 Å². The van der Waals surface area contributed by atoms with Crippen LogP contribution < -0.4 is 10.6 Å². The number of anilines is 2. The number of rotatable bonds is 9. The van der Waals surface area contributed by atoms with Crippen molar-refractivity contribution in [1.82, 2.24) is 9.97 Å². The minimum atomic E-state index is 0.273. The minimum absolute atomic E-state index is 0.273. The molecule has 0 unspecified atom stereocenters. The highest BCUT2D eigenvalue weighted by Crippen LogP contribution is 2.27. The highest BCUT2D eigenvalue weighted by Gasteiger charge is 2.13. The summed E-state index contributed by atoms with van der Waals surface area (Å²) >= 11 is 1.84. The van der Waals surface area contributed by atoms with E-state index >= 15 is 0 Å². The van der Waals surface area contributed by atoms with Gasteiger partial charge < -0.3 is 15.7 Å². The molecule has 6 heteroatoms. The summed E-state index contributed by atoms with van der Waals surface area (Å²) in [5.41, 5.74) is 1.13. The number of aliphatic hydroxyl groups is 1. The molecule has 0 atom stereocenters. The van der Waals surface area contributed by atoms with Crippen LogP contribution in [0.3, 0.4) is 0 Å². The number of aromatic nitrogens is 2. The zero-order chi connectivity index (χ0) is 14.1. The van der Waals surface area contributed by atoms with Crippen molar-refractivity contribution in [2.24, 2.45) is 0 Å². The summed E-state index contributed by atoms with van der Waals surface area (Å²) in [7, 11) is 1.88. The van der Waals surface area contributed by atoms with Crippen LogP contribution in [0.2, 0.25) is 0 Å². The van der Waals surface area contributed by atoms with E-state index in [0.717, 1.165) is 41.7 Å². The third-order valence-electron chi connectivity index (χ3n) is 2.68. The first-order chi connectivity index (χ1) is 9.20. The van der Waals surface area contributed by atoms with E-state index in [1.54, 1.807) is 6.33 Å². The average Bonchev–Trinajstić information content (AvgIpc) is 2.42. The van der Waals surface area contributed by atoms with Gasteiger partial charge in [0.1, 0.15) is 18.0 Å². The van der Waals surface area contributed by atoms with Crippen LogP contribution in [-0.2, 0) is 0 Å². The number of hydrogen-bond acceptors (Lipinski definition) is 6. The fraction of sp³-hybridized carbons (Fsp3) is 0.692. The minimum Gasteiger partial charge on any atom is -0.396 e. The van der Waals surface area contributed by atoms with Crippen LogP contribution in [0.5, 0.6) is 0 Å². The monoisotopic (exact) mass is 284 g/mol. The van der Waals surface area contributed by atoms with Crippen LogP contribution in [0.15, 0.2) is 6.33 Å². The van der Waals surface area contributed by atoms with Gasteiger partial charge >= 0.3 is 0 Å². The lowest BCUT2D eigenvalue weighted by atomic mass is 10.0. The normalized spacial score (nSPS) is 10.8. The molecule has 0 aliphatic carbocycles. The molecule has 0 aliphatic rings. The van der Waals surface area contributed by atoms with Crippen LogP contribution in [0.1, 0.15) is 31.7 Å². The molecule has 0 amide bonds. The molecule has 1 aromatic rings. The van der Waals surface area contributed by atoms with Crippen LogP contribution in [0.4, 0.5) is 11.6 Å². The average molecular weight is 284 g/mol. The van der Waals surface area contributed by atoms with Gasteiger partial charge in [0, 0.05) is 31.5 Å². The Labute approximate surface area is 119 Å². The van der Waals surface area contributed by atoms with Gasteiger partial charge in [0.05, 0.1) is 0 Å². The third kappa shape index (κ3) is 5.24. The summed E-state index contributed by atoms with van der Waals surface area (Å²) in [6, 6.07) is 0. The first kappa shape index (κ1) is 16.0. The zero-order valence-electron chi connectivity index (χ0n) is 11.9. The van der Waals surface area contributed by atoms with E-state index in [1.165, 1.54) is 0 Å². The summed E-state index contributed by atoms with van der Waals surface area (Å²) in [6.07, 6.45) is 2.44. The number of nitrogens with one attached hydrogen (secondary N) is 2. The second kappa shape index (κ2) is 8.98. The lowest BCUT2D eigenvalue weighted by molar-refractivity contribution is 0.296. The molecule has 1 aromatic heterocycles. The quantitative estimate of drug-likeness (QED) is 0.604. The molecule has 0 aromatic carbocycles. The van der Waals surface area contributed by atoms with Crippen molar-refractivity contribution < 1.29 is 5.11 Å². The highest BCUT2D eigenvalue weighted by atomic mass is 32.2. The SMILES string of the molecule is CNc1ncnc(NCCSCCCO)c1C(C)C. The maximum Gasteiger partial charge on any atom is 0.135 e. The molecule has 0 saturated carbocycles. The van der Waals surface area contributed by atoms with Gasteiger partial charge in [-0.2, -0.15) is 11.8 Å². The zero-order valence-corrected chi connectivity index (χ0v) is 12.8. The van der Waals surface area contributed by atoms with Crippen molar-refractivity contribution in [3.05, 3.63) is 11.9 Å². The first-order valence-corrected chi connectivity index (χ1v) is 7.81. The van der Waals surface area contributed by atoms with Gasteiger partial charge in [-0.15, -0.1) is 0 Å². The van der Waals surface area contributed by atoms with Gasteiger partial charge in [0.15, 0.2) is 0 Å². The van der Waals surface area contributed by atoms with E-state index in [9.17, 15) is 0 Å². The van der Waals surface area contributed by atoms with E-state index in [0.29, 0.717) is 5.92 Å².